The predicted molar refractivity (Wildman–Crippen MR) is 70.8 cm³/mol. The number of aliphatic hydroxyl groups excluding tert-OH is 1. The molecule has 1 fully saturated rings. The van der Waals surface area contributed by atoms with E-state index in [-0.39, 0.29) is 18.4 Å². The second-order valence-electron chi connectivity index (χ2n) is 4.92. The van der Waals surface area contributed by atoms with E-state index in [0.29, 0.717) is 6.42 Å². The highest BCUT2D eigenvalue weighted by Gasteiger charge is 2.27. The van der Waals surface area contributed by atoms with Gasteiger partial charge in [-0.25, -0.2) is 0 Å². The fraction of sp³-hybridized carbons (Fsp3) is 0.429. The monoisotopic (exact) mass is 263 g/mol. The molecule has 2 atom stereocenters. The highest BCUT2D eigenvalue weighted by Crippen LogP contribution is 2.34. The van der Waals surface area contributed by atoms with E-state index in [1.54, 1.807) is 6.07 Å². The van der Waals surface area contributed by atoms with Crippen LogP contribution in [-0.2, 0) is 4.74 Å². The van der Waals surface area contributed by atoms with Crippen LogP contribution in [0.5, 0.6) is 0 Å². The van der Waals surface area contributed by atoms with Gasteiger partial charge in [-0.05, 0) is 25.0 Å². The van der Waals surface area contributed by atoms with Crippen molar-refractivity contribution in [2.24, 2.45) is 0 Å². The third-order valence-corrected chi connectivity index (χ3v) is 3.36. The largest absolute Gasteiger partial charge is 0.386 e. The number of hydrogen-bond donors (Lipinski definition) is 1. The third-order valence-electron chi connectivity index (χ3n) is 3.36. The fourth-order valence-corrected chi connectivity index (χ4v) is 2.29. The molecule has 0 spiro atoms. The summed E-state index contributed by atoms with van der Waals surface area (Å²) >= 11 is 0. The van der Waals surface area contributed by atoms with Gasteiger partial charge in [-0.15, -0.1) is 0 Å². The molecule has 1 saturated heterocycles. The zero-order valence-corrected chi connectivity index (χ0v) is 11.0. The van der Waals surface area contributed by atoms with Crippen LogP contribution in [0.4, 0.5) is 5.69 Å². The molecule has 0 radical (unpaired) electrons. The standard InChI is InChI=1S/C14H17NO4/c1-9(2)12-7-14(19-8-13(12)16)10-4-3-5-11(6-10)15(17)18/h3-6,13-14,16H,7-8H2,1-2H3/t13-,14-/m1/s1. The van der Waals surface area contributed by atoms with Gasteiger partial charge in [0.1, 0.15) is 0 Å². The zero-order valence-electron chi connectivity index (χ0n) is 11.0. The van der Waals surface area contributed by atoms with Crippen LogP contribution in [0, 0.1) is 10.1 Å². The minimum Gasteiger partial charge on any atom is -0.386 e. The lowest BCUT2D eigenvalue weighted by molar-refractivity contribution is -0.385. The number of hydrogen-bond acceptors (Lipinski definition) is 4. The van der Waals surface area contributed by atoms with Gasteiger partial charge in [-0.3, -0.25) is 10.1 Å². The fourth-order valence-electron chi connectivity index (χ4n) is 2.29. The van der Waals surface area contributed by atoms with Crippen molar-refractivity contribution < 1.29 is 14.8 Å². The van der Waals surface area contributed by atoms with Crippen LogP contribution in [0.2, 0.25) is 0 Å². The molecule has 0 bridgehead atoms. The third kappa shape index (κ3) is 3.00. The molecule has 0 aromatic heterocycles. The van der Waals surface area contributed by atoms with Gasteiger partial charge < -0.3 is 9.84 Å². The summed E-state index contributed by atoms with van der Waals surface area (Å²) in [6.07, 6.45) is -0.224. The highest BCUT2D eigenvalue weighted by atomic mass is 16.6. The minimum atomic E-state index is -0.569. The number of rotatable bonds is 2. The Morgan fingerprint density at radius 2 is 2.21 bits per heavy atom. The van der Waals surface area contributed by atoms with Gasteiger partial charge in [0.2, 0.25) is 0 Å². The molecular formula is C14H17NO4. The number of aliphatic hydroxyl groups is 1. The van der Waals surface area contributed by atoms with Crippen LogP contribution >= 0.6 is 0 Å². The summed E-state index contributed by atoms with van der Waals surface area (Å²) in [5.41, 5.74) is 2.87. The molecule has 1 aromatic carbocycles. The first kappa shape index (κ1) is 13.7. The van der Waals surface area contributed by atoms with E-state index in [9.17, 15) is 15.2 Å². The first-order valence-electron chi connectivity index (χ1n) is 6.19. The van der Waals surface area contributed by atoms with Crippen molar-refractivity contribution in [1.82, 2.24) is 0 Å². The smallest absolute Gasteiger partial charge is 0.269 e. The molecule has 0 amide bonds. The Hall–Kier alpha value is -1.72. The molecule has 19 heavy (non-hydrogen) atoms. The number of nitro groups is 1. The number of non-ortho nitro benzene ring substituents is 1. The topological polar surface area (TPSA) is 72.6 Å². The SMILES string of the molecule is CC(C)=C1C[C@H](c2cccc([N+](=O)[O-])c2)OC[C@H]1O. The molecule has 102 valence electrons. The van der Waals surface area contributed by atoms with Crippen molar-refractivity contribution in [2.75, 3.05) is 6.61 Å². The number of nitro benzene ring substituents is 1. The molecule has 1 aliphatic rings. The van der Waals surface area contributed by atoms with E-state index >= 15 is 0 Å². The summed E-state index contributed by atoms with van der Waals surface area (Å²) in [4.78, 5) is 10.4. The second kappa shape index (κ2) is 5.50. The molecule has 0 saturated carbocycles. The Kier molecular flexibility index (Phi) is 3.97. The Bertz CT molecular complexity index is 520. The van der Waals surface area contributed by atoms with Crippen LogP contribution < -0.4 is 0 Å². The molecule has 1 aliphatic heterocycles. The van der Waals surface area contributed by atoms with Crippen molar-refractivity contribution in [3.8, 4) is 0 Å². The van der Waals surface area contributed by atoms with Gasteiger partial charge in [0.25, 0.3) is 5.69 Å². The zero-order chi connectivity index (χ0) is 14.0. The first-order valence-corrected chi connectivity index (χ1v) is 6.19. The Morgan fingerprint density at radius 3 is 2.84 bits per heavy atom. The molecule has 1 N–H and O–H groups in total. The molecule has 1 heterocycles. The highest BCUT2D eigenvalue weighted by molar-refractivity contribution is 5.36. The van der Waals surface area contributed by atoms with Crippen molar-refractivity contribution >= 4 is 5.69 Å². The summed E-state index contributed by atoms with van der Waals surface area (Å²) in [6, 6.07) is 6.47. The quantitative estimate of drug-likeness (QED) is 0.506. The lowest BCUT2D eigenvalue weighted by Gasteiger charge is -2.30. The maximum absolute atomic E-state index is 10.8. The Morgan fingerprint density at radius 1 is 1.47 bits per heavy atom. The van der Waals surface area contributed by atoms with Gasteiger partial charge in [0.05, 0.1) is 23.7 Å². The number of ether oxygens (including phenoxy) is 1. The van der Waals surface area contributed by atoms with E-state index in [4.69, 9.17) is 4.74 Å². The van der Waals surface area contributed by atoms with Crippen LogP contribution in [0.3, 0.4) is 0 Å². The molecule has 5 nitrogen and oxygen atoms in total. The summed E-state index contributed by atoms with van der Waals surface area (Å²) in [6.45, 7) is 4.14. The van der Waals surface area contributed by atoms with E-state index in [0.717, 1.165) is 16.7 Å². The van der Waals surface area contributed by atoms with E-state index in [2.05, 4.69) is 0 Å². The van der Waals surface area contributed by atoms with Gasteiger partial charge in [-0.2, -0.15) is 0 Å². The van der Waals surface area contributed by atoms with Crippen molar-refractivity contribution in [3.05, 3.63) is 51.1 Å². The van der Waals surface area contributed by atoms with Crippen molar-refractivity contribution in [2.45, 2.75) is 32.5 Å². The summed E-state index contributed by atoms with van der Waals surface area (Å²) in [7, 11) is 0. The van der Waals surface area contributed by atoms with Crippen LogP contribution in [0.15, 0.2) is 35.4 Å². The van der Waals surface area contributed by atoms with Crippen LogP contribution in [-0.4, -0.2) is 22.7 Å². The van der Waals surface area contributed by atoms with Crippen molar-refractivity contribution in [1.29, 1.82) is 0 Å². The number of nitrogens with zero attached hydrogens (tertiary/aromatic N) is 1. The average Bonchev–Trinajstić information content (AvgIpc) is 2.39. The van der Waals surface area contributed by atoms with Crippen LogP contribution in [0.1, 0.15) is 31.9 Å². The van der Waals surface area contributed by atoms with E-state index < -0.39 is 11.0 Å². The van der Waals surface area contributed by atoms with Crippen molar-refractivity contribution in [3.63, 3.8) is 0 Å². The summed E-state index contributed by atoms with van der Waals surface area (Å²) < 4.78 is 5.58. The average molecular weight is 263 g/mol. The van der Waals surface area contributed by atoms with Gasteiger partial charge >= 0.3 is 0 Å². The van der Waals surface area contributed by atoms with Gasteiger partial charge in [0.15, 0.2) is 0 Å². The normalized spacial score (nSPS) is 23.2. The van der Waals surface area contributed by atoms with E-state index in [1.165, 1.54) is 12.1 Å². The summed E-state index contributed by atoms with van der Waals surface area (Å²) in [5.74, 6) is 0. The molecule has 2 rings (SSSR count). The first-order chi connectivity index (χ1) is 8.99. The molecule has 5 heteroatoms. The second-order valence-corrected chi connectivity index (χ2v) is 4.92. The number of allylic oxidation sites excluding steroid dienone is 1. The number of benzene rings is 1. The molecule has 0 unspecified atom stereocenters. The maximum atomic E-state index is 10.8. The lowest BCUT2D eigenvalue weighted by Crippen LogP contribution is -2.28. The Labute approximate surface area is 111 Å². The Balaban J connectivity index is 2.26. The maximum Gasteiger partial charge on any atom is 0.269 e. The molecule has 1 aromatic rings. The molecular weight excluding hydrogens is 246 g/mol. The van der Waals surface area contributed by atoms with Gasteiger partial charge in [0, 0.05) is 18.6 Å². The van der Waals surface area contributed by atoms with Crippen LogP contribution in [0.25, 0.3) is 0 Å². The predicted octanol–water partition coefficient (Wildman–Crippen LogP) is 2.75. The van der Waals surface area contributed by atoms with Gasteiger partial charge in [-0.1, -0.05) is 17.7 Å². The summed E-state index contributed by atoms with van der Waals surface area (Å²) in [5, 5.41) is 20.6. The molecule has 0 aliphatic carbocycles. The minimum absolute atomic E-state index is 0.0611. The van der Waals surface area contributed by atoms with E-state index in [1.807, 2.05) is 19.9 Å². The lowest BCUT2D eigenvalue weighted by atomic mass is 9.92.